The maximum atomic E-state index is 13.9. The molecule has 1 aliphatic carbocycles. The van der Waals surface area contributed by atoms with Gasteiger partial charge in [0.05, 0.1) is 38.5 Å². The summed E-state index contributed by atoms with van der Waals surface area (Å²) in [6, 6.07) is 14.7. The van der Waals surface area contributed by atoms with Crippen LogP contribution in [0, 0.1) is 5.41 Å². The van der Waals surface area contributed by atoms with E-state index in [4.69, 9.17) is 19.2 Å². The number of benzene rings is 2. The number of esters is 1. The summed E-state index contributed by atoms with van der Waals surface area (Å²) < 4.78 is 17.1. The maximum absolute atomic E-state index is 13.9. The van der Waals surface area contributed by atoms with Gasteiger partial charge in [-0.1, -0.05) is 70.4 Å². The van der Waals surface area contributed by atoms with Crippen molar-refractivity contribution in [2.24, 2.45) is 5.41 Å². The van der Waals surface area contributed by atoms with Crippen LogP contribution in [0.5, 0.6) is 11.5 Å². The summed E-state index contributed by atoms with van der Waals surface area (Å²) >= 11 is 0. The number of pyridine rings is 1. The van der Waals surface area contributed by atoms with Gasteiger partial charge >= 0.3 is 12.0 Å². The highest BCUT2D eigenvalue weighted by atomic mass is 16.5. The Bertz CT molecular complexity index is 1690. The Morgan fingerprint density at radius 3 is 2.38 bits per heavy atom. The summed E-state index contributed by atoms with van der Waals surface area (Å²) in [5, 5.41) is 6.33. The van der Waals surface area contributed by atoms with E-state index in [0.717, 1.165) is 36.6 Å². The molecule has 3 aromatic rings. The molecule has 3 unspecified atom stereocenters. The number of methoxy groups -OCH3 is 2. The zero-order valence-corrected chi connectivity index (χ0v) is 29.9. The molecule has 1 aliphatic heterocycles. The number of aromatic nitrogens is 1. The molecule has 1 aromatic heterocycles. The Balaban J connectivity index is 1.33. The van der Waals surface area contributed by atoms with Crippen molar-refractivity contribution in [2.75, 3.05) is 34.4 Å². The average Bonchev–Trinajstić information content (AvgIpc) is 3.55. The lowest BCUT2D eigenvalue weighted by atomic mass is 9.86. The minimum atomic E-state index is -0.992. The van der Waals surface area contributed by atoms with E-state index in [0.29, 0.717) is 22.7 Å². The first-order valence-corrected chi connectivity index (χ1v) is 17.3. The van der Waals surface area contributed by atoms with Crippen molar-refractivity contribution in [1.29, 1.82) is 0 Å². The number of hydrogen-bond acceptors (Lipinski definition) is 8. The van der Waals surface area contributed by atoms with Crippen LogP contribution in [0.2, 0.25) is 0 Å². The second-order valence-electron chi connectivity index (χ2n) is 14.2. The van der Waals surface area contributed by atoms with E-state index in [-0.39, 0.29) is 31.5 Å². The van der Waals surface area contributed by atoms with Crippen LogP contribution < -0.4 is 20.1 Å². The second kappa shape index (κ2) is 15.8. The van der Waals surface area contributed by atoms with E-state index in [9.17, 15) is 19.2 Å². The molecule has 2 heterocycles. The zero-order chi connectivity index (χ0) is 36.0. The van der Waals surface area contributed by atoms with Gasteiger partial charge in [0.25, 0.3) is 0 Å². The monoisotopic (exact) mass is 687 g/mol. The van der Waals surface area contributed by atoms with Crippen molar-refractivity contribution >= 4 is 34.7 Å². The lowest BCUT2D eigenvalue weighted by Gasteiger charge is -2.34. The van der Waals surface area contributed by atoms with Gasteiger partial charge in [-0.2, -0.15) is 0 Å². The Labute approximate surface area is 293 Å². The van der Waals surface area contributed by atoms with Crippen LogP contribution in [0.25, 0.3) is 22.2 Å². The number of nitrogens with one attached hydrogen (secondary N) is 2. The molecule has 2 aliphatic rings. The third-order valence-corrected chi connectivity index (χ3v) is 9.66. The van der Waals surface area contributed by atoms with Gasteiger partial charge in [-0.25, -0.2) is 14.6 Å². The highest BCUT2D eigenvalue weighted by Crippen LogP contribution is 2.35. The minimum Gasteiger partial charge on any atom is -0.497 e. The molecule has 1 saturated carbocycles. The van der Waals surface area contributed by atoms with E-state index in [2.05, 4.69) is 10.6 Å². The number of likely N-dealkylation sites (tertiary alicyclic amines) is 1. The molecule has 268 valence electrons. The molecular formula is C38H49N5O7. The summed E-state index contributed by atoms with van der Waals surface area (Å²) in [6.07, 6.45) is 4.87. The number of urea groups is 1. The summed E-state index contributed by atoms with van der Waals surface area (Å²) in [5.41, 5.74) is 1.55. The maximum Gasteiger partial charge on any atom is 0.328 e. The molecule has 2 N–H and O–H groups in total. The van der Waals surface area contributed by atoms with Crippen LogP contribution in [-0.2, 0) is 19.1 Å². The quantitative estimate of drug-likeness (QED) is 0.286. The summed E-state index contributed by atoms with van der Waals surface area (Å²) in [6.45, 7) is 5.38. The molecule has 0 bridgehead atoms. The van der Waals surface area contributed by atoms with Gasteiger partial charge in [-0.05, 0) is 30.4 Å². The Hall–Kier alpha value is -4.87. The molecule has 12 nitrogen and oxygen atoms in total. The highest BCUT2D eigenvalue weighted by molar-refractivity contribution is 5.92. The van der Waals surface area contributed by atoms with Crippen molar-refractivity contribution in [3.8, 4) is 22.8 Å². The Morgan fingerprint density at radius 1 is 1.00 bits per heavy atom. The van der Waals surface area contributed by atoms with E-state index in [1.54, 1.807) is 19.1 Å². The summed E-state index contributed by atoms with van der Waals surface area (Å²) in [4.78, 5) is 61.2. The van der Waals surface area contributed by atoms with Crippen LogP contribution in [0.4, 0.5) is 4.79 Å². The van der Waals surface area contributed by atoms with Crippen LogP contribution in [-0.4, -0.2) is 97.2 Å². The van der Waals surface area contributed by atoms with Crippen LogP contribution in [0.15, 0.2) is 54.6 Å². The number of fused-ring (bicyclic) bond motifs is 1. The van der Waals surface area contributed by atoms with Crippen molar-refractivity contribution in [2.45, 2.75) is 83.5 Å². The van der Waals surface area contributed by atoms with Crippen LogP contribution in [0.1, 0.15) is 59.3 Å². The Morgan fingerprint density at radius 2 is 1.72 bits per heavy atom. The lowest BCUT2D eigenvalue weighted by Crippen LogP contribution is -2.58. The molecule has 0 radical (unpaired) electrons. The second-order valence-corrected chi connectivity index (χ2v) is 14.2. The third kappa shape index (κ3) is 8.46. The van der Waals surface area contributed by atoms with Crippen molar-refractivity contribution in [3.05, 3.63) is 54.6 Å². The fourth-order valence-electron chi connectivity index (χ4n) is 6.75. The predicted octanol–water partition coefficient (Wildman–Crippen LogP) is 4.94. The summed E-state index contributed by atoms with van der Waals surface area (Å²) in [7, 11) is 4.64. The molecule has 12 heteroatoms. The molecule has 50 heavy (non-hydrogen) atoms. The van der Waals surface area contributed by atoms with Crippen molar-refractivity contribution in [1.82, 2.24) is 25.4 Å². The van der Waals surface area contributed by atoms with Gasteiger partial charge in [-0.3, -0.25) is 9.59 Å². The van der Waals surface area contributed by atoms with Gasteiger partial charge in [0.15, 0.2) is 0 Å². The fourth-order valence-corrected chi connectivity index (χ4v) is 6.75. The van der Waals surface area contributed by atoms with Gasteiger partial charge < -0.3 is 34.6 Å². The predicted molar refractivity (Wildman–Crippen MR) is 190 cm³/mol. The van der Waals surface area contributed by atoms with Crippen molar-refractivity contribution in [3.63, 3.8) is 0 Å². The first-order valence-electron chi connectivity index (χ1n) is 17.3. The largest absolute Gasteiger partial charge is 0.497 e. The Kier molecular flexibility index (Phi) is 11.5. The lowest BCUT2D eigenvalue weighted by molar-refractivity contribution is -0.145. The molecule has 4 amide bonds. The van der Waals surface area contributed by atoms with Crippen molar-refractivity contribution < 1.29 is 33.4 Å². The zero-order valence-electron chi connectivity index (χ0n) is 29.9. The molecule has 2 fully saturated rings. The smallest absolute Gasteiger partial charge is 0.328 e. The number of amides is 4. The molecule has 5 rings (SSSR count). The van der Waals surface area contributed by atoms with E-state index >= 15 is 0 Å². The number of hydrogen-bond donors (Lipinski definition) is 2. The van der Waals surface area contributed by atoms with Gasteiger partial charge in [0.2, 0.25) is 11.8 Å². The first kappa shape index (κ1) is 36.4. The molecule has 3 atom stereocenters. The molecule has 2 aromatic carbocycles. The topological polar surface area (TPSA) is 139 Å². The number of rotatable bonds is 10. The van der Waals surface area contributed by atoms with Gasteiger partial charge in [-0.15, -0.1) is 0 Å². The molecular weight excluding hydrogens is 638 g/mol. The van der Waals surface area contributed by atoms with Gasteiger partial charge in [0, 0.05) is 42.6 Å². The number of ether oxygens (including phenoxy) is 3. The van der Waals surface area contributed by atoms with E-state index in [1.807, 2.05) is 75.4 Å². The number of likely N-dealkylation sites (N-methyl/N-ethyl adjacent to an activating group) is 1. The SMILES string of the molecule is COC(=O)C1CC(Oc2cc(-c3ccccc3)nc3cc(OC)ccc23)CN1C(=O)NC(C(=O)NCC(=O)N(C)C1CCCCC1)C(C)(C)C. The summed E-state index contributed by atoms with van der Waals surface area (Å²) in [5.74, 6) is -0.0541. The number of nitrogens with zero attached hydrogens (tertiary/aromatic N) is 3. The molecule has 0 spiro atoms. The minimum absolute atomic E-state index is 0.0649. The number of carbonyl (C=O) groups is 4. The molecule has 1 saturated heterocycles. The normalized spacial score (nSPS) is 18.6. The van der Waals surface area contributed by atoms with Gasteiger partial charge in [0.1, 0.15) is 29.7 Å². The van der Waals surface area contributed by atoms with Crippen LogP contribution >= 0.6 is 0 Å². The van der Waals surface area contributed by atoms with Crippen LogP contribution in [0.3, 0.4) is 0 Å². The standard InChI is InChI=1S/C38H49N5O7/c1-38(2,3)34(35(45)39-22-33(44)42(4)25-15-11-8-12-16-25)41-37(47)43-23-27(20-31(43)36(46)49-6)50-32-21-29(24-13-9-7-10-14-24)40-30-19-26(48-5)17-18-28(30)32/h7,9-10,13-14,17-19,21,25,27,31,34H,8,11-12,15-16,20,22-23H2,1-6H3,(H,39,45)(H,41,47). The third-order valence-electron chi connectivity index (χ3n) is 9.66. The average molecular weight is 688 g/mol. The first-order chi connectivity index (χ1) is 23.9. The fraction of sp³-hybridized carbons (Fsp3) is 0.500. The van der Waals surface area contributed by atoms with E-state index < -0.39 is 41.5 Å². The van der Waals surface area contributed by atoms with E-state index in [1.165, 1.54) is 18.4 Å². The number of carbonyl (C=O) groups excluding carboxylic acids is 4. The highest BCUT2D eigenvalue weighted by Gasteiger charge is 2.44.